The van der Waals surface area contributed by atoms with Crippen molar-refractivity contribution in [1.82, 2.24) is 15.1 Å². The van der Waals surface area contributed by atoms with Gasteiger partial charge in [-0.25, -0.2) is 0 Å². The van der Waals surface area contributed by atoms with Gasteiger partial charge < -0.3 is 24.3 Å². The number of carbonyl (C=O) groups is 1. The summed E-state index contributed by atoms with van der Waals surface area (Å²) in [6.07, 6.45) is 1.77. The number of amides is 1. The molecule has 0 spiro atoms. The average molecular weight is 472 g/mol. The summed E-state index contributed by atoms with van der Waals surface area (Å²) < 4.78 is 23.4. The second kappa shape index (κ2) is 9.80. The van der Waals surface area contributed by atoms with Gasteiger partial charge in [-0.3, -0.25) is 9.48 Å². The minimum Gasteiger partial charge on any atom is -0.493 e. The Labute approximate surface area is 203 Å². The van der Waals surface area contributed by atoms with Crippen molar-refractivity contribution in [3.05, 3.63) is 89.6 Å². The second-order valence-corrected chi connectivity index (χ2v) is 8.01. The van der Waals surface area contributed by atoms with E-state index < -0.39 is 0 Å². The molecular weight excluding hydrogens is 446 g/mol. The fourth-order valence-corrected chi connectivity index (χ4v) is 3.96. The lowest BCUT2D eigenvalue weighted by atomic mass is 10.1. The first-order chi connectivity index (χ1) is 17.1. The van der Waals surface area contributed by atoms with E-state index in [2.05, 4.69) is 5.32 Å². The van der Waals surface area contributed by atoms with Gasteiger partial charge in [-0.2, -0.15) is 5.10 Å². The Morgan fingerprint density at radius 1 is 0.943 bits per heavy atom. The minimum atomic E-state index is -0.230. The summed E-state index contributed by atoms with van der Waals surface area (Å²) in [5, 5.41) is 7.75. The zero-order chi connectivity index (χ0) is 24.2. The fraction of sp³-hybridized carbons (Fsp3) is 0.185. The van der Waals surface area contributed by atoms with E-state index in [1.54, 1.807) is 31.2 Å². The highest BCUT2D eigenvalue weighted by Gasteiger charge is 2.20. The maximum Gasteiger partial charge on any atom is 0.255 e. The number of nitrogens with one attached hydrogen (secondary N) is 1. The Morgan fingerprint density at radius 3 is 2.54 bits per heavy atom. The molecule has 0 saturated carbocycles. The SMILES string of the molecule is COc1ccc(-c2nn(Cc3ccccc3)cc2C(=O)NCc2ccc3c(c2)OCO3)cc1OC. The molecule has 4 aromatic rings. The predicted octanol–water partition coefficient (Wildman–Crippen LogP) is 4.27. The highest BCUT2D eigenvalue weighted by atomic mass is 16.7. The van der Waals surface area contributed by atoms with Crippen molar-refractivity contribution in [1.29, 1.82) is 0 Å². The van der Waals surface area contributed by atoms with Gasteiger partial charge in [0.25, 0.3) is 5.91 Å². The van der Waals surface area contributed by atoms with Crippen molar-refractivity contribution in [3.8, 4) is 34.3 Å². The molecule has 3 aromatic carbocycles. The van der Waals surface area contributed by atoms with E-state index in [1.165, 1.54) is 0 Å². The van der Waals surface area contributed by atoms with Gasteiger partial charge in [-0.05, 0) is 41.5 Å². The number of rotatable bonds is 8. The largest absolute Gasteiger partial charge is 0.493 e. The minimum absolute atomic E-state index is 0.209. The molecule has 0 bridgehead atoms. The van der Waals surface area contributed by atoms with E-state index in [0.29, 0.717) is 47.3 Å². The Kier molecular flexibility index (Phi) is 6.26. The fourth-order valence-electron chi connectivity index (χ4n) is 3.96. The maximum atomic E-state index is 13.3. The van der Waals surface area contributed by atoms with E-state index in [1.807, 2.05) is 60.7 Å². The molecule has 5 rings (SSSR count). The summed E-state index contributed by atoms with van der Waals surface area (Å²) in [5.74, 6) is 2.33. The lowest BCUT2D eigenvalue weighted by Gasteiger charge is -2.10. The van der Waals surface area contributed by atoms with E-state index in [0.717, 1.165) is 16.7 Å². The first-order valence-electron chi connectivity index (χ1n) is 11.1. The van der Waals surface area contributed by atoms with Crippen molar-refractivity contribution >= 4 is 5.91 Å². The number of hydrogen-bond donors (Lipinski definition) is 1. The topological polar surface area (TPSA) is 83.8 Å². The van der Waals surface area contributed by atoms with Crippen molar-refractivity contribution in [2.75, 3.05) is 21.0 Å². The molecule has 2 heterocycles. The Bertz CT molecular complexity index is 1350. The number of aromatic nitrogens is 2. The third kappa shape index (κ3) is 4.77. The van der Waals surface area contributed by atoms with Gasteiger partial charge in [0.1, 0.15) is 5.69 Å². The van der Waals surface area contributed by atoms with Crippen LogP contribution in [-0.2, 0) is 13.1 Å². The van der Waals surface area contributed by atoms with Gasteiger partial charge in [-0.1, -0.05) is 36.4 Å². The van der Waals surface area contributed by atoms with Gasteiger partial charge in [0.15, 0.2) is 23.0 Å². The van der Waals surface area contributed by atoms with E-state index in [4.69, 9.17) is 24.0 Å². The van der Waals surface area contributed by atoms with Crippen molar-refractivity contribution in [2.45, 2.75) is 13.1 Å². The molecule has 1 amide bonds. The number of ether oxygens (including phenoxy) is 4. The van der Waals surface area contributed by atoms with Crippen LogP contribution >= 0.6 is 0 Å². The Morgan fingerprint density at radius 2 is 1.74 bits per heavy atom. The highest BCUT2D eigenvalue weighted by Crippen LogP contribution is 2.34. The van der Waals surface area contributed by atoms with Crippen LogP contribution in [0.25, 0.3) is 11.3 Å². The standard InChI is InChI=1S/C27H25N3O5/c1-32-22-11-9-20(13-24(22)33-2)26-21(16-30(29-26)15-18-6-4-3-5-7-18)27(31)28-14-19-8-10-23-25(12-19)35-17-34-23/h3-13,16H,14-15,17H2,1-2H3,(H,28,31). The number of methoxy groups -OCH3 is 2. The van der Waals surface area contributed by atoms with Crippen LogP contribution < -0.4 is 24.3 Å². The summed E-state index contributed by atoms with van der Waals surface area (Å²) in [6, 6.07) is 21.1. The molecule has 0 aliphatic carbocycles. The van der Waals surface area contributed by atoms with Gasteiger partial charge >= 0.3 is 0 Å². The third-order valence-electron chi connectivity index (χ3n) is 5.74. The number of carbonyl (C=O) groups excluding carboxylic acids is 1. The molecule has 0 unspecified atom stereocenters. The van der Waals surface area contributed by atoms with E-state index in [9.17, 15) is 4.79 Å². The number of hydrogen-bond acceptors (Lipinski definition) is 6. The molecule has 1 aromatic heterocycles. The molecule has 0 atom stereocenters. The third-order valence-corrected chi connectivity index (χ3v) is 5.74. The molecule has 8 heteroatoms. The Balaban J connectivity index is 1.44. The van der Waals surface area contributed by atoms with E-state index in [-0.39, 0.29) is 12.7 Å². The summed E-state index contributed by atoms with van der Waals surface area (Å²) >= 11 is 0. The van der Waals surface area contributed by atoms with Crippen molar-refractivity contribution in [3.63, 3.8) is 0 Å². The number of nitrogens with zero attached hydrogens (tertiary/aromatic N) is 2. The summed E-state index contributed by atoms with van der Waals surface area (Å²) in [5.41, 5.74) is 3.77. The summed E-state index contributed by atoms with van der Waals surface area (Å²) in [6.45, 7) is 1.09. The molecule has 8 nitrogen and oxygen atoms in total. The molecule has 1 N–H and O–H groups in total. The molecule has 178 valence electrons. The molecular formula is C27H25N3O5. The van der Waals surface area contributed by atoms with Crippen LogP contribution in [0.3, 0.4) is 0 Å². The normalized spacial score (nSPS) is 11.8. The van der Waals surface area contributed by atoms with Gasteiger partial charge in [-0.15, -0.1) is 0 Å². The maximum absolute atomic E-state index is 13.3. The monoisotopic (exact) mass is 471 g/mol. The molecule has 0 saturated heterocycles. The van der Waals surface area contributed by atoms with Crippen LogP contribution in [0.1, 0.15) is 21.5 Å². The molecule has 0 radical (unpaired) electrons. The lowest BCUT2D eigenvalue weighted by molar-refractivity contribution is 0.0951. The van der Waals surface area contributed by atoms with Crippen LogP contribution in [-0.4, -0.2) is 36.7 Å². The predicted molar refractivity (Wildman–Crippen MR) is 130 cm³/mol. The lowest BCUT2D eigenvalue weighted by Crippen LogP contribution is -2.23. The zero-order valence-electron chi connectivity index (χ0n) is 19.5. The summed E-state index contributed by atoms with van der Waals surface area (Å²) in [4.78, 5) is 13.3. The van der Waals surface area contributed by atoms with Crippen LogP contribution in [0.15, 0.2) is 72.9 Å². The highest BCUT2D eigenvalue weighted by molar-refractivity contribution is 6.00. The smallest absolute Gasteiger partial charge is 0.255 e. The van der Waals surface area contributed by atoms with Crippen LogP contribution in [0.2, 0.25) is 0 Å². The number of benzene rings is 3. The van der Waals surface area contributed by atoms with E-state index >= 15 is 0 Å². The molecule has 35 heavy (non-hydrogen) atoms. The van der Waals surface area contributed by atoms with Crippen LogP contribution in [0, 0.1) is 0 Å². The first-order valence-corrected chi connectivity index (χ1v) is 11.1. The number of fused-ring (bicyclic) bond motifs is 1. The Hall–Kier alpha value is -4.46. The quantitative estimate of drug-likeness (QED) is 0.413. The molecule has 1 aliphatic rings. The van der Waals surface area contributed by atoms with Gasteiger partial charge in [0.2, 0.25) is 6.79 Å². The van der Waals surface area contributed by atoms with Crippen molar-refractivity contribution < 1.29 is 23.7 Å². The average Bonchev–Trinajstić information content (AvgIpc) is 3.54. The van der Waals surface area contributed by atoms with Crippen molar-refractivity contribution in [2.24, 2.45) is 0 Å². The van der Waals surface area contributed by atoms with Crippen LogP contribution in [0.5, 0.6) is 23.0 Å². The second-order valence-electron chi connectivity index (χ2n) is 8.01. The van der Waals surface area contributed by atoms with Gasteiger partial charge in [0, 0.05) is 18.3 Å². The first kappa shape index (κ1) is 22.3. The summed E-state index contributed by atoms with van der Waals surface area (Å²) in [7, 11) is 3.16. The van der Waals surface area contributed by atoms with Gasteiger partial charge in [0.05, 0.1) is 26.3 Å². The molecule has 0 fully saturated rings. The van der Waals surface area contributed by atoms with Crippen LogP contribution in [0.4, 0.5) is 0 Å². The zero-order valence-corrected chi connectivity index (χ0v) is 19.5. The molecule has 1 aliphatic heterocycles.